The minimum absolute atomic E-state index is 0.0482. The molecule has 0 rings (SSSR count). The quantitative estimate of drug-likeness (QED) is 0.637. The second-order valence-electron chi connectivity index (χ2n) is 5.88. The molecule has 0 unspecified atom stereocenters. The van der Waals surface area contributed by atoms with Crippen molar-refractivity contribution in [3.63, 3.8) is 0 Å². The van der Waals surface area contributed by atoms with Crippen LogP contribution in [-0.4, -0.2) is 25.4 Å². The third kappa shape index (κ3) is 11.9. The molecule has 14 heavy (non-hydrogen) atoms. The lowest BCUT2D eigenvalue weighted by molar-refractivity contribution is -0.0372. The highest BCUT2D eigenvalue weighted by Crippen LogP contribution is 2.17. The summed E-state index contributed by atoms with van der Waals surface area (Å²) < 4.78 is 11.0. The molecule has 0 N–H and O–H groups in total. The van der Waals surface area contributed by atoms with E-state index in [2.05, 4.69) is 41.5 Å². The molecule has 86 valence electrons. The molecule has 0 fully saturated rings. The van der Waals surface area contributed by atoms with Gasteiger partial charge in [0.2, 0.25) is 0 Å². The second-order valence-corrected chi connectivity index (χ2v) is 5.88. The number of hydrogen-bond acceptors (Lipinski definition) is 2. The zero-order valence-electron chi connectivity index (χ0n) is 10.6. The van der Waals surface area contributed by atoms with Crippen molar-refractivity contribution in [3.05, 3.63) is 0 Å². The van der Waals surface area contributed by atoms with E-state index >= 15 is 0 Å². The molecule has 0 aliphatic heterocycles. The van der Waals surface area contributed by atoms with Gasteiger partial charge in [-0.1, -0.05) is 20.8 Å². The SMILES string of the molecule is CC(C)(C)CCOCCOC(C)(C)C. The van der Waals surface area contributed by atoms with Crippen LogP contribution in [0.25, 0.3) is 0 Å². The van der Waals surface area contributed by atoms with Crippen molar-refractivity contribution in [1.82, 2.24) is 0 Å². The van der Waals surface area contributed by atoms with Crippen LogP contribution in [0.1, 0.15) is 48.0 Å². The molecule has 0 aliphatic carbocycles. The van der Waals surface area contributed by atoms with Crippen molar-refractivity contribution in [1.29, 1.82) is 0 Å². The summed E-state index contributed by atoms with van der Waals surface area (Å²) in [5.74, 6) is 0. The summed E-state index contributed by atoms with van der Waals surface area (Å²) in [5, 5.41) is 0. The predicted octanol–water partition coefficient (Wildman–Crippen LogP) is 3.25. The zero-order chi connectivity index (χ0) is 11.2. The standard InChI is InChI=1S/C12H26O2/c1-11(2,3)7-8-13-9-10-14-12(4,5)6/h7-10H2,1-6H3. The van der Waals surface area contributed by atoms with Crippen LogP contribution in [0.5, 0.6) is 0 Å². The number of ether oxygens (including phenoxy) is 2. The fraction of sp³-hybridized carbons (Fsp3) is 1.00. The van der Waals surface area contributed by atoms with Crippen molar-refractivity contribution in [2.75, 3.05) is 19.8 Å². The van der Waals surface area contributed by atoms with Crippen LogP contribution >= 0.6 is 0 Å². The van der Waals surface area contributed by atoms with Gasteiger partial charge in [0.25, 0.3) is 0 Å². The van der Waals surface area contributed by atoms with Gasteiger partial charge in [0.15, 0.2) is 0 Å². The molecule has 0 spiro atoms. The van der Waals surface area contributed by atoms with E-state index in [0.29, 0.717) is 18.6 Å². The van der Waals surface area contributed by atoms with Crippen molar-refractivity contribution in [2.24, 2.45) is 5.41 Å². The molecule has 0 bridgehead atoms. The second kappa shape index (κ2) is 5.72. The van der Waals surface area contributed by atoms with Gasteiger partial charge in [-0.3, -0.25) is 0 Å². The maximum absolute atomic E-state index is 5.54. The van der Waals surface area contributed by atoms with E-state index in [9.17, 15) is 0 Å². The summed E-state index contributed by atoms with van der Waals surface area (Å²) in [7, 11) is 0. The highest BCUT2D eigenvalue weighted by molar-refractivity contribution is 4.60. The predicted molar refractivity (Wildman–Crippen MR) is 60.6 cm³/mol. The van der Waals surface area contributed by atoms with Crippen molar-refractivity contribution >= 4 is 0 Å². The smallest absolute Gasteiger partial charge is 0.0707 e. The molecule has 0 radical (unpaired) electrons. The number of hydrogen-bond donors (Lipinski definition) is 0. The Morgan fingerprint density at radius 2 is 1.36 bits per heavy atom. The average molecular weight is 202 g/mol. The lowest BCUT2D eigenvalue weighted by Gasteiger charge is -2.20. The van der Waals surface area contributed by atoms with Gasteiger partial charge in [-0.15, -0.1) is 0 Å². The van der Waals surface area contributed by atoms with Crippen LogP contribution in [0.4, 0.5) is 0 Å². The molecule has 0 aromatic heterocycles. The first-order valence-corrected chi connectivity index (χ1v) is 5.42. The highest BCUT2D eigenvalue weighted by atomic mass is 16.5. The van der Waals surface area contributed by atoms with E-state index in [1.807, 2.05) is 0 Å². The molecule has 0 amide bonds. The molecule has 0 aromatic rings. The molecular formula is C12H26O2. The third-order valence-electron chi connectivity index (χ3n) is 1.76. The van der Waals surface area contributed by atoms with Gasteiger partial charge in [0.1, 0.15) is 0 Å². The summed E-state index contributed by atoms with van der Waals surface area (Å²) in [6.45, 7) is 15.1. The van der Waals surface area contributed by atoms with Crippen LogP contribution in [0.2, 0.25) is 0 Å². The fourth-order valence-electron chi connectivity index (χ4n) is 0.887. The topological polar surface area (TPSA) is 18.5 Å². The summed E-state index contributed by atoms with van der Waals surface area (Å²) in [4.78, 5) is 0. The fourth-order valence-corrected chi connectivity index (χ4v) is 0.887. The largest absolute Gasteiger partial charge is 0.379 e. The van der Waals surface area contributed by atoms with Gasteiger partial charge in [0, 0.05) is 6.61 Å². The van der Waals surface area contributed by atoms with Gasteiger partial charge in [-0.05, 0) is 32.6 Å². The Hall–Kier alpha value is -0.0800. The van der Waals surface area contributed by atoms with Gasteiger partial charge in [0.05, 0.1) is 18.8 Å². The highest BCUT2D eigenvalue weighted by Gasteiger charge is 2.10. The average Bonchev–Trinajstić information content (AvgIpc) is 1.92. The summed E-state index contributed by atoms with van der Waals surface area (Å²) in [6, 6.07) is 0. The van der Waals surface area contributed by atoms with Crippen LogP contribution in [0.3, 0.4) is 0 Å². The Morgan fingerprint density at radius 1 is 0.786 bits per heavy atom. The van der Waals surface area contributed by atoms with Crippen LogP contribution in [0, 0.1) is 5.41 Å². The van der Waals surface area contributed by atoms with E-state index in [-0.39, 0.29) is 5.60 Å². The molecule has 2 heteroatoms. The van der Waals surface area contributed by atoms with Gasteiger partial charge >= 0.3 is 0 Å². The van der Waals surface area contributed by atoms with E-state index in [1.165, 1.54) is 0 Å². The Bertz CT molecular complexity index is 121. The Labute approximate surface area is 89.0 Å². The van der Waals surface area contributed by atoms with Crippen molar-refractivity contribution in [3.8, 4) is 0 Å². The lowest BCUT2D eigenvalue weighted by atomic mass is 9.93. The molecule has 0 atom stereocenters. The summed E-state index contributed by atoms with van der Waals surface area (Å²) >= 11 is 0. The molecule has 0 saturated carbocycles. The maximum Gasteiger partial charge on any atom is 0.0707 e. The first-order chi connectivity index (χ1) is 6.21. The monoisotopic (exact) mass is 202 g/mol. The Balaban J connectivity index is 3.23. The van der Waals surface area contributed by atoms with Gasteiger partial charge < -0.3 is 9.47 Å². The van der Waals surface area contributed by atoms with Gasteiger partial charge in [-0.2, -0.15) is 0 Å². The van der Waals surface area contributed by atoms with E-state index in [1.54, 1.807) is 0 Å². The molecule has 0 aromatic carbocycles. The maximum atomic E-state index is 5.54. The summed E-state index contributed by atoms with van der Waals surface area (Å²) in [5.41, 5.74) is 0.318. The Morgan fingerprint density at radius 3 is 1.79 bits per heavy atom. The van der Waals surface area contributed by atoms with E-state index in [4.69, 9.17) is 9.47 Å². The first kappa shape index (κ1) is 13.9. The van der Waals surface area contributed by atoms with Crippen LogP contribution < -0.4 is 0 Å². The van der Waals surface area contributed by atoms with E-state index < -0.39 is 0 Å². The first-order valence-electron chi connectivity index (χ1n) is 5.42. The molecule has 0 heterocycles. The van der Waals surface area contributed by atoms with Crippen LogP contribution in [0.15, 0.2) is 0 Å². The zero-order valence-corrected chi connectivity index (χ0v) is 10.6. The van der Waals surface area contributed by atoms with Crippen molar-refractivity contribution in [2.45, 2.75) is 53.6 Å². The minimum atomic E-state index is -0.0482. The normalized spacial score (nSPS) is 13.3. The third-order valence-corrected chi connectivity index (χ3v) is 1.76. The Kier molecular flexibility index (Phi) is 5.68. The minimum Gasteiger partial charge on any atom is -0.379 e. The van der Waals surface area contributed by atoms with Gasteiger partial charge in [-0.25, -0.2) is 0 Å². The molecule has 0 aliphatic rings. The lowest BCUT2D eigenvalue weighted by Crippen LogP contribution is -2.22. The summed E-state index contributed by atoms with van der Waals surface area (Å²) in [6.07, 6.45) is 1.10. The van der Waals surface area contributed by atoms with E-state index in [0.717, 1.165) is 13.0 Å². The van der Waals surface area contributed by atoms with Crippen molar-refractivity contribution < 1.29 is 9.47 Å². The number of rotatable bonds is 5. The van der Waals surface area contributed by atoms with Crippen LogP contribution in [-0.2, 0) is 9.47 Å². The molecule has 0 saturated heterocycles. The molecule has 2 nitrogen and oxygen atoms in total. The molecular weight excluding hydrogens is 176 g/mol.